The second kappa shape index (κ2) is 7.32. The van der Waals surface area contributed by atoms with Gasteiger partial charge in [0.1, 0.15) is 6.61 Å². The zero-order valence-electron chi connectivity index (χ0n) is 12.8. The van der Waals surface area contributed by atoms with Crippen LogP contribution in [-0.4, -0.2) is 24.5 Å². The van der Waals surface area contributed by atoms with Crippen molar-refractivity contribution in [2.75, 3.05) is 6.61 Å². The van der Waals surface area contributed by atoms with Gasteiger partial charge in [-0.25, -0.2) is 0 Å². The zero-order chi connectivity index (χ0) is 16.8. The summed E-state index contributed by atoms with van der Waals surface area (Å²) in [6, 6.07) is 16.5. The number of rotatable bonds is 3. The Morgan fingerprint density at radius 1 is 0.958 bits per heavy atom. The molecule has 0 spiro atoms. The lowest BCUT2D eigenvalue weighted by Gasteiger charge is -2.25. The number of fused-ring (bicyclic) bond motifs is 1. The molecule has 122 valence electrons. The van der Waals surface area contributed by atoms with E-state index in [9.17, 15) is 9.59 Å². The quantitative estimate of drug-likeness (QED) is 0.665. The van der Waals surface area contributed by atoms with Crippen molar-refractivity contribution in [3.05, 3.63) is 66.2 Å². The Hall–Kier alpha value is -3.28. The van der Waals surface area contributed by atoms with Gasteiger partial charge in [0.2, 0.25) is 6.10 Å². The largest absolute Gasteiger partial charge is 0.485 e. The first-order valence-electron chi connectivity index (χ1n) is 7.44. The van der Waals surface area contributed by atoms with Crippen LogP contribution in [-0.2, 0) is 9.59 Å². The maximum atomic E-state index is 12.0. The highest BCUT2D eigenvalue weighted by Crippen LogP contribution is 2.30. The third-order valence-electron chi connectivity index (χ3n) is 3.34. The molecule has 0 radical (unpaired) electrons. The summed E-state index contributed by atoms with van der Waals surface area (Å²) in [5, 5.41) is 0. The zero-order valence-corrected chi connectivity index (χ0v) is 12.8. The van der Waals surface area contributed by atoms with E-state index < -0.39 is 17.9 Å². The molecule has 2 aromatic rings. The van der Waals surface area contributed by atoms with Gasteiger partial charge < -0.3 is 9.47 Å². The topological polar surface area (TPSA) is 76.7 Å². The first kappa shape index (κ1) is 15.6. The first-order valence-corrected chi connectivity index (χ1v) is 7.44. The molecular formula is C18H16N2O4. The summed E-state index contributed by atoms with van der Waals surface area (Å²) in [5.41, 5.74) is 5.53. The molecule has 0 fully saturated rings. The molecule has 0 aromatic heterocycles. The minimum atomic E-state index is -0.821. The van der Waals surface area contributed by atoms with Gasteiger partial charge in [-0.1, -0.05) is 42.5 Å². The highest BCUT2D eigenvalue weighted by molar-refractivity contribution is 5.93. The number of amides is 2. The van der Waals surface area contributed by atoms with Crippen LogP contribution in [0.4, 0.5) is 0 Å². The van der Waals surface area contributed by atoms with E-state index in [1.54, 1.807) is 24.3 Å². The molecule has 0 aliphatic carbocycles. The summed E-state index contributed by atoms with van der Waals surface area (Å²) in [5.74, 6) is 0.172. The van der Waals surface area contributed by atoms with E-state index in [0.717, 1.165) is 5.56 Å². The molecule has 1 atom stereocenters. The van der Waals surface area contributed by atoms with Crippen molar-refractivity contribution in [2.45, 2.75) is 6.10 Å². The molecule has 2 N–H and O–H groups in total. The molecule has 0 saturated carbocycles. The van der Waals surface area contributed by atoms with Gasteiger partial charge in [-0.3, -0.25) is 20.4 Å². The molecule has 6 heteroatoms. The van der Waals surface area contributed by atoms with Crippen molar-refractivity contribution in [1.29, 1.82) is 0 Å². The average Bonchev–Trinajstić information content (AvgIpc) is 2.65. The fraction of sp³-hybridized carbons (Fsp3) is 0.111. The third-order valence-corrected chi connectivity index (χ3v) is 3.34. The van der Waals surface area contributed by atoms with Crippen LogP contribution in [0.25, 0.3) is 6.08 Å². The van der Waals surface area contributed by atoms with Gasteiger partial charge in [0, 0.05) is 6.08 Å². The lowest BCUT2D eigenvalue weighted by atomic mass is 10.2. The maximum Gasteiger partial charge on any atom is 0.283 e. The molecule has 2 aromatic carbocycles. The molecular weight excluding hydrogens is 308 g/mol. The van der Waals surface area contributed by atoms with E-state index in [1.807, 2.05) is 36.4 Å². The number of ether oxygens (including phenoxy) is 2. The lowest BCUT2D eigenvalue weighted by Crippen LogP contribution is -2.50. The lowest BCUT2D eigenvalue weighted by molar-refractivity contribution is -0.134. The Bertz CT molecular complexity index is 759. The summed E-state index contributed by atoms with van der Waals surface area (Å²) in [6.07, 6.45) is 2.17. The Balaban J connectivity index is 1.49. The van der Waals surface area contributed by atoms with Crippen LogP contribution >= 0.6 is 0 Å². The van der Waals surface area contributed by atoms with Gasteiger partial charge in [0.15, 0.2) is 11.5 Å². The Morgan fingerprint density at radius 2 is 1.67 bits per heavy atom. The van der Waals surface area contributed by atoms with E-state index in [0.29, 0.717) is 11.5 Å². The monoisotopic (exact) mass is 324 g/mol. The predicted octanol–water partition coefficient (Wildman–Crippen LogP) is 1.69. The minimum Gasteiger partial charge on any atom is -0.485 e. The van der Waals surface area contributed by atoms with Crippen LogP contribution in [0, 0.1) is 0 Å². The Labute approximate surface area is 139 Å². The van der Waals surface area contributed by atoms with E-state index in [4.69, 9.17) is 9.47 Å². The molecule has 2 amide bonds. The van der Waals surface area contributed by atoms with Gasteiger partial charge in [-0.15, -0.1) is 0 Å². The smallest absolute Gasteiger partial charge is 0.283 e. The van der Waals surface area contributed by atoms with Crippen LogP contribution in [0.15, 0.2) is 60.7 Å². The number of carbonyl (C=O) groups is 2. The van der Waals surface area contributed by atoms with Crippen LogP contribution in [0.1, 0.15) is 5.56 Å². The van der Waals surface area contributed by atoms with Crippen molar-refractivity contribution in [3.8, 4) is 11.5 Å². The number of hydrogen-bond donors (Lipinski definition) is 2. The molecule has 0 unspecified atom stereocenters. The SMILES string of the molecule is O=C(/C=C/c1ccccc1)NNC(=O)[C@@H]1COc2ccccc2O1. The highest BCUT2D eigenvalue weighted by atomic mass is 16.6. The number of carbonyl (C=O) groups excluding carboxylic acids is 2. The molecule has 24 heavy (non-hydrogen) atoms. The molecule has 1 aliphatic heterocycles. The summed E-state index contributed by atoms with van der Waals surface area (Å²) in [4.78, 5) is 23.7. The summed E-state index contributed by atoms with van der Waals surface area (Å²) in [6.45, 7) is 0.0819. The molecule has 3 rings (SSSR count). The average molecular weight is 324 g/mol. The van der Waals surface area contributed by atoms with Crippen molar-refractivity contribution < 1.29 is 19.1 Å². The maximum absolute atomic E-state index is 12.0. The van der Waals surface area contributed by atoms with Crippen molar-refractivity contribution in [1.82, 2.24) is 10.9 Å². The number of benzene rings is 2. The third kappa shape index (κ3) is 3.92. The van der Waals surface area contributed by atoms with Crippen molar-refractivity contribution in [3.63, 3.8) is 0 Å². The first-order chi connectivity index (χ1) is 11.7. The Morgan fingerprint density at radius 3 is 2.46 bits per heavy atom. The van der Waals surface area contributed by atoms with E-state index >= 15 is 0 Å². The minimum absolute atomic E-state index is 0.0819. The second-order valence-electron chi connectivity index (χ2n) is 5.09. The van der Waals surface area contributed by atoms with Gasteiger partial charge in [-0.2, -0.15) is 0 Å². The van der Waals surface area contributed by atoms with E-state index in [-0.39, 0.29) is 6.61 Å². The highest BCUT2D eigenvalue weighted by Gasteiger charge is 2.27. The summed E-state index contributed by atoms with van der Waals surface area (Å²) < 4.78 is 11.0. The van der Waals surface area contributed by atoms with Gasteiger partial charge in [0.05, 0.1) is 0 Å². The van der Waals surface area contributed by atoms with Gasteiger partial charge >= 0.3 is 0 Å². The van der Waals surface area contributed by atoms with Crippen LogP contribution < -0.4 is 20.3 Å². The Kier molecular flexibility index (Phi) is 4.76. The molecule has 0 saturated heterocycles. The van der Waals surface area contributed by atoms with Gasteiger partial charge in [-0.05, 0) is 23.8 Å². The standard InChI is InChI=1S/C18H16N2O4/c21-17(11-10-13-6-2-1-3-7-13)19-20-18(22)16-12-23-14-8-4-5-9-15(14)24-16/h1-11,16H,12H2,(H,19,21)(H,20,22)/b11-10+/t16-/m0/s1. The normalized spacial score (nSPS) is 15.8. The number of para-hydroxylation sites is 2. The number of nitrogens with one attached hydrogen (secondary N) is 2. The van der Waals surface area contributed by atoms with Crippen molar-refractivity contribution in [2.24, 2.45) is 0 Å². The van der Waals surface area contributed by atoms with Crippen molar-refractivity contribution >= 4 is 17.9 Å². The van der Waals surface area contributed by atoms with Gasteiger partial charge in [0.25, 0.3) is 11.8 Å². The fourth-order valence-electron chi connectivity index (χ4n) is 2.13. The van der Waals surface area contributed by atoms with Crippen LogP contribution in [0.3, 0.4) is 0 Å². The predicted molar refractivity (Wildman–Crippen MR) is 88.1 cm³/mol. The molecule has 1 heterocycles. The fourth-order valence-corrected chi connectivity index (χ4v) is 2.13. The number of hydrogen-bond acceptors (Lipinski definition) is 4. The van der Waals surface area contributed by atoms with E-state index in [1.165, 1.54) is 6.08 Å². The second-order valence-corrected chi connectivity index (χ2v) is 5.09. The molecule has 0 bridgehead atoms. The van der Waals surface area contributed by atoms with Crippen LogP contribution in [0.2, 0.25) is 0 Å². The molecule has 1 aliphatic rings. The number of hydrazine groups is 1. The van der Waals surface area contributed by atoms with E-state index in [2.05, 4.69) is 10.9 Å². The summed E-state index contributed by atoms with van der Waals surface area (Å²) >= 11 is 0. The van der Waals surface area contributed by atoms with Crippen LogP contribution in [0.5, 0.6) is 11.5 Å². The molecule has 6 nitrogen and oxygen atoms in total. The summed E-state index contributed by atoms with van der Waals surface area (Å²) in [7, 11) is 0.